The minimum atomic E-state index is -3.43. The molecular weight excluding hydrogens is 314 g/mol. The summed E-state index contributed by atoms with van der Waals surface area (Å²) in [5.74, 6) is 0.479. The van der Waals surface area contributed by atoms with Crippen LogP contribution in [0.15, 0.2) is 47.5 Å². The number of hydrogen-bond donors (Lipinski definition) is 0. The topological polar surface area (TPSA) is 72.4 Å². The predicted octanol–water partition coefficient (Wildman–Crippen LogP) is 2.02. The minimum absolute atomic E-state index is 0.0313. The monoisotopic (exact) mass is 333 g/mol. The second kappa shape index (κ2) is 6.64. The Bertz CT molecular complexity index is 740. The number of benzene rings is 1. The Hall–Kier alpha value is -1.99. The molecule has 0 spiro atoms. The molecule has 0 saturated carbocycles. The van der Waals surface area contributed by atoms with Crippen molar-refractivity contribution in [1.82, 2.24) is 14.5 Å². The van der Waals surface area contributed by atoms with Crippen molar-refractivity contribution in [3.8, 4) is 5.88 Å². The lowest BCUT2D eigenvalue weighted by Gasteiger charge is -2.31. The third-order valence-electron chi connectivity index (χ3n) is 3.89. The van der Waals surface area contributed by atoms with Crippen LogP contribution in [0.2, 0.25) is 0 Å². The van der Waals surface area contributed by atoms with Gasteiger partial charge < -0.3 is 4.74 Å². The van der Waals surface area contributed by atoms with Crippen LogP contribution in [0.1, 0.15) is 18.4 Å². The number of aromatic nitrogens is 2. The Morgan fingerprint density at radius 3 is 2.43 bits per heavy atom. The van der Waals surface area contributed by atoms with Crippen LogP contribution in [0.25, 0.3) is 0 Å². The van der Waals surface area contributed by atoms with E-state index >= 15 is 0 Å². The Morgan fingerprint density at radius 2 is 1.83 bits per heavy atom. The Balaban J connectivity index is 1.63. The quantitative estimate of drug-likeness (QED) is 0.856. The molecule has 0 amide bonds. The molecule has 7 heteroatoms. The molecule has 0 radical (unpaired) electrons. The molecule has 0 atom stereocenters. The van der Waals surface area contributed by atoms with E-state index in [2.05, 4.69) is 10.2 Å². The number of piperidine rings is 1. The van der Waals surface area contributed by atoms with Gasteiger partial charge in [0.25, 0.3) is 0 Å². The van der Waals surface area contributed by atoms with Crippen molar-refractivity contribution in [3.63, 3.8) is 0 Å². The van der Waals surface area contributed by atoms with E-state index in [1.807, 2.05) is 19.1 Å². The van der Waals surface area contributed by atoms with E-state index < -0.39 is 10.0 Å². The van der Waals surface area contributed by atoms with Gasteiger partial charge in [-0.15, -0.1) is 5.10 Å². The van der Waals surface area contributed by atoms with Crippen molar-refractivity contribution in [2.45, 2.75) is 30.8 Å². The molecule has 1 aromatic heterocycles. The van der Waals surface area contributed by atoms with Crippen molar-refractivity contribution < 1.29 is 13.2 Å². The summed E-state index contributed by atoms with van der Waals surface area (Å²) in [4.78, 5) is 0.344. The smallest absolute Gasteiger partial charge is 0.243 e. The average molecular weight is 333 g/mol. The second-order valence-electron chi connectivity index (χ2n) is 5.60. The van der Waals surface area contributed by atoms with Gasteiger partial charge in [0.2, 0.25) is 15.9 Å². The summed E-state index contributed by atoms with van der Waals surface area (Å²) < 4.78 is 32.5. The van der Waals surface area contributed by atoms with Gasteiger partial charge in [0.15, 0.2) is 0 Å². The largest absolute Gasteiger partial charge is 0.473 e. The van der Waals surface area contributed by atoms with Gasteiger partial charge in [-0.05, 0) is 38.0 Å². The van der Waals surface area contributed by atoms with Crippen LogP contribution >= 0.6 is 0 Å². The molecule has 0 bridgehead atoms. The fourth-order valence-corrected chi connectivity index (χ4v) is 4.04. The molecule has 0 aliphatic carbocycles. The number of sulfonamides is 1. The maximum atomic E-state index is 12.6. The fourth-order valence-electron chi connectivity index (χ4n) is 2.57. The highest BCUT2D eigenvalue weighted by Gasteiger charge is 2.30. The lowest BCUT2D eigenvalue weighted by atomic mass is 10.1. The first-order valence-corrected chi connectivity index (χ1v) is 9.01. The van der Waals surface area contributed by atoms with Crippen LogP contribution < -0.4 is 4.74 Å². The van der Waals surface area contributed by atoms with Crippen molar-refractivity contribution in [3.05, 3.63) is 48.2 Å². The maximum Gasteiger partial charge on any atom is 0.243 e. The Morgan fingerprint density at radius 1 is 1.13 bits per heavy atom. The van der Waals surface area contributed by atoms with E-state index in [-0.39, 0.29) is 6.10 Å². The van der Waals surface area contributed by atoms with Gasteiger partial charge in [0.1, 0.15) is 6.10 Å². The minimum Gasteiger partial charge on any atom is -0.473 e. The van der Waals surface area contributed by atoms with Crippen LogP contribution in [-0.2, 0) is 10.0 Å². The summed E-state index contributed by atoms with van der Waals surface area (Å²) in [5, 5.41) is 7.66. The zero-order chi connectivity index (χ0) is 16.3. The molecule has 1 aromatic carbocycles. The number of aryl methyl sites for hydroxylation is 1. The highest BCUT2D eigenvalue weighted by atomic mass is 32.2. The van der Waals surface area contributed by atoms with Gasteiger partial charge in [-0.3, -0.25) is 0 Å². The molecule has 2 aromatic rings. The molecule has 0 unspecified atom stereocenters. The van der Waals surface area contributed by atoms with Crippen LogP contribution in [0.4, 0.5) is 0 Å². The third-order valence-corrected chi connectivity index (χ3v) is 5.81. The number of hydrogen-bond acceptors (Lipinski definition) is 5. The zero-order valence-corrected chi connectivity index (χ0v) is 13.7. The van der Waals surface area contributed by atoms with Crippen molar-refractivity contribution in [2.24, 2.45) is 0 Å². The fraction of sp³-hybridized carbons (Fsp3) is 0.375. The molecule has 1 aliphatic heterocycles. The third kappa shape index (κ3) is 3.68. The first-order chi connectivity index (χ1) is 11.1. The first kappa shape index (κ1) is 15.9. The molecule has 122 valence electrons. The summed E-state index contributed by atoms with van der Waals surface area (Å²) in [6.45, 7) is 2.83. The van der Waals surface area contributed by atoms with Crippen molar-refractivity contribution >= 4 is 10.0 Å². The van der Waals surface area contributed by atoms with Gasteiger partial charge >= 0.3 is 0 Å². The van der Waals surface area contributed by atoms with E-state index in [9.17, 15) is 8.42 Å². The van der Waals surface area contributed by atoms with E-state index in [0.717, 1.165) is 5.56 Å². The van der Waals surface area contributed by atoms with Crippen LogP contribution in [-0.4, -0.2) is 42.1 Å². The van der Waals surface area contributed by atoms with Gasteiger partial charge in [0, 0.05) is 25.4 Å². The molecule has 1 saturated heterocycles. The summed E-state index contributed by atoms with van der Waals surface area (Å²) in [7, 11) is -3.43. The lowest BCUT2D eigenvalue weighted by molar-refractivity contribution is 0.128. The standard InChI is InChI=1S/C16H19N3O3S/c1-13-4-6-15(7-5-13)23(20,21)19-11-8-14(9-12-19)22-16-3-2-10-17-18-16/h2-7,10,14H,8-9,11-12H2,1H3. The SMILES string of the molecule is Cc1ccc(S(=O)(=O)N2CCC(Oc3cccnn3)CC2)cc1. The first-order valence-electron chi connectivity index (χ1n) is 7.57. The van der Waals surface area contributed by atoms with Crippen molar-refractivity contribution in [1.29, 1.82) is 0 Å². The molecule has 0 N–H and O–H groups in total. The normalized spacial score (nSPS) is 17.1. The van der Waals surface area contributed by atoms with E-state index in [1.165, 1.54) is 4.31 Å². The molecule has 6 nitrogen and oxygen atoms in total. The van der Waals surface area contributed by atoms with Crippen LogP contribution in [0.3, 0.4) is 0 Å². The maximum absolute atomic E-state index is 12.6. The number of ether oxygens (including phenoxy) is 1. The van der Waals surface area contributed by atoms with E-state index in [4.69, 9.17) is 4.74 Å². The number of nitrogens with zero attached hydrogens (tertiary/aromatic N) is 3. The van der Waals surface area contributed by atoms with E-state index in [1.54, 1.807) is 30.5 Å². The van der Waals surface area contributed by atoms with Gasteiger partial charge in [0.05, 0.1) is 4.90 Å². The summed E-state index contributed by atoms with van der Waals surface area (Å²) in [6, 6.07) is 10.5. The van der Waals surface area contributed by atoms with Gasteiger partial charge in [-0.1, -0.05) is 17.7 Å². The summed E-state index contributed by atoms with van der Waals surface area (Å²) >= 11 is 0. The molecule has 1 aliphatic rings. The van der Waals surface area contributed by atoms with E-state index in [0.29, 0.717) is 36.7 Å². The Kier molecular flexibility index (Phi) is 4.58. The highest BCUT2D eigenvalue weighted by molar-refractivity contribution is 7.89. The molecular formula is C16H19N3O3S. The molecule has 3 rings (SSSR count). The molecule has 23 heavy (non-hydrogen) atoms. The van der Waals surface area contributed by atoms with Gasteiger partial charge in [-0.2, -0.15) is 9.40 Å². The number of rotatable bonds is 4. The highest BCUT2D eigenvalue weighted by Crippen LogP contribution is 2.23. The second-order valence-corrected chi connectivity index (χ2v) is 7.53. The van der Waals surface area contributed by atoms with Crippen LogP contribution in [0.5, 0.6) is 5.88 Å². The lowest BCUT2D eigenvalue weighted by Crippen LogP contribution is -2.41. The van der Waals surface area contributed by atoms with Crippen molar-refractivity contribution in [2.75, 3.05) is 13.1 Å². The summed E-state index contributed by atoms with van der Waals surface area (Å²) in [5.41, 5.74) is 1.04. The Labute approximate surface area is 136 Å². The molecule has 1 fully saturated rings. The average Bonchev–Trinajstić information content (AvgIpc) is 2.57. The molecule has 2 heterocycles. The van der Waals surface area contributed by atoms with Crippen LogP contribution in [0, 0.1) is 6.92 Å². The zero-order valence-electron chi connectivity index (χ0n) is 12.9. The summed E-state index contributed by atoms with van der Waals surface area (Å²) in [6.07, 6.45) is 2.84. The predicted molar refractivity (Wildman–Crippen MR) is 85.6 cm³/mol. The van der Waals surface area contributed by atoms with Gasteiger partial charge in [-0.25, -0.2) is 8.42 Å².